The van der Waals surface area contributed by atoms with Gasteiger partial charge >= 0.3 is 5.97 Å². The van der Waals surface area contributed by atoms with E-state index in [-0.39, 0.29) is 16.9 Å². The Morgan fingerprint density at radius 3 is 2.21 bits per heavy atom. The third kappa shape index (κ3) is 4.13. The SMILES string of the molecule is O=C(O)c1ccc(N2C(=O)[C@H]3[C@H](ON(c4ccccc4)[C@H]3c3ccc(-c4ccc([N+](=O)[O-])cc4)s3)C2=O)cc1. The molecule has 0 unspecified atom stereocenters. The highest BCUT2D eigenvalue weighted by molar-refractivity contribution is 7.15. The van der Waals surface area contributed by atoms with Gasteiger partial charge in [0.2, 0.25) is 5.91 Å². The van der Waals surface area contributed by atoms with Gasteiger partial charge in [0.25, 0.3) is 11.6 Å². The van der Waals surface area contributed by atoms with Gasteiger partial charge in [-0.05, 0) is 66.2 Å². The third-order valence-electron chi connectivity index (χ3n) is 6.78. The number of carbonyl (C=O) groups excluding carboxylic acids is 2. The molecule has 2 aliphatic heterocycles. The highest BCUT2D eigenvalue weighted by atomic mass is 32.1. The van der Waals surface area contributed by atoms with E-state index in [9.17, 15) is 29.6 Å². The average Bonchev–Trinajstić information content (AvgIpc) is 3.64. The molecule has 0 spiro atoms. The zero-order valence-electron chi connectivity index (χ0n) is 20.0. The van der Waals surface area contributed by atoms with Crippen LogP contribution in [0.3, 0.4) is 0 Å². The predicted octanol–water partition coefficient (Wildman–Crippen LogP) is 5.07. The van der Waals surface area contributed by atoms with Gasteiger partial charge in [0.15, 0.2) is 6.10 Å². The number of hydrogen-bond acceptors (Lipinski definition) is 8. The van der Waals surface area contributed by atoms with Crippen molar-refractivity contribution < 1.29 is 29.3 Å². The van der Waals surface area contributed by atoms with Crippen LogP contribution in [0.15, 0.2) is 91.0 Å². The summed E-state index contributed by atoms with van der Waals surface area (Å²) in [6.45, 7) is 0. The second-order valence-corrected chi connectivity index (χ2v) is 10.1. The van der Waals surface area contributed by atoms with Gasteiger partial charge < -0.3 is 5.11 Å². The van der Waals surface area contributed by atoms with E-state index in [0.717, 1.165) is 20.2 Å². The van der Waals surface area contributed by atoms with E-state index < -0.39 is 40.8 Å². The quantitative estimate of drug-likeness (QED) is 0.203. The molecule has 10 nitrogen and oxygen atoms in total. The normalized spacial score (nSPS) is 20.4. The number of anilines is 2. The van der Waals surface area contributed by atoms with Crippen molar-refractivity contribution in [3.8, 4) is 10.4 Å². The van der Waals surface area contributed by atoms with Gasteiger partial charge in [0.05, 0.1) is 21.9 Å². The van der Waals surface area contributed by atoms with Gasteiger partial charge in [-0.2, -0.15) is 0 Å². The van der Waals surface area contributed by atoms with Crippen LogP contribution >= 0.6 is 11.3 Å². The van der Waals surface area contributed by atoms with Crippen LogP contribution < -0.4 is 9.96 Å². The van der Waals surface area contributed by atoms with Gasteiger partial charge in [-0.3, -0.25) is 24.5 Å². The van der Waals surface area contributed by atoms with E-state index in [1.54, 1.807) is 17.2 Å². The third-order valence-corrected chi connectivity index (χ3v) is 7.98. The van der Waals surface area contributed by atoms with Crippen molar-refractivity contribution in [2.75, 3.05) is 9.96 Å². The van der Waals surface area contributed by atoms with Crippen molar-refractivity contribution in [1.82, 2.24) is 0 Å². The highest BCUT2D eigenvalue weighted by Crippen LogP contribution is 2.49. The molecule has 3 aromatic carbocycles. The number of carboxylic acid groups (broad SMARTS) is 1. The predicted molar refractivity (Wildman–Crippen MR) is 142 cm³/mol. The second kappa shape index (κ2) is 9.46. The van der Waals surface area contributed by atoms with Crippen molar-refractivity contribution >= 4 is 46.2 Å². The largest absolute Gasteiger partial charge is 0.478 e. The summed E-state index contributed by atoms with van der Waals surface area (Å²) < 4.78 is 0. The summed E-state index contributed by atoms with van der Waals surface area (Å²) in [5, 5.41) is 21.8. The molecule has 0 radical (unpaired) electrons. The fourth-order valence-electron chi connectivity index (χ4n) is 4.92. The number of para-hydroxylation sites is 1. The molecule has 0 saturated carbocycles. The number of nitrogens with zero attached hydrogens (tertiary/aromatic N) is 3. The summed E-state index contributed by atoms with van der Waals surface area (Å²) >= 11 is 1.41. The number of hydroxylamine groups is 1. The highest BCUT2D eigenvalue weighted by Gasteiger charge is 2.60. The number of thiophene rings is 1. The van der Waals surface area contributed by atoms with Crippen molar-refractivity contribution in [3.05, 3.63) is 112 Å². The van der Waals surface area contributed by atoms with Crippen LogP contribution in [0.4, 0.5) is 17.1 Å². The van der Waals surface area contributed by atoms with E-state index in [1.165, 1.54) is 47.7 Å². The minimum Gasteiger partial charge on any atom is -0.478 e. The number of carbonyl (C=O) groups is 3. The maximum atomic E-state index is 13.8. The first-order chi connectivity index (χ1) is 18.8. The molecule has 1 N–H and O–H groups in total. The minimum atomic E-state index is -1.11. The van der Waals surface area contributed by atoms with Gasteiger partial charge in [-0.25, -0.2) is 14.8 Å². The molecule has 2 aliphatic rings. The van der Waals surface area contributed by atoms with Crippen molar-refractivity contribution in [3.63, 3.8) is 0 Å². The van der Waals surface area contributed by atoms with Crippen LogP contribution in [-0.4, -0.2) is 33.9 Å². The van der Waals surface area contributed by atoms with E-state index in [4.69, 9.17) is 4.84 Å². The first kappa shape index (κ1) is 24.5. The molecule has 3 heterocycles. The van der Waals surface area contributed by atoms with Crippen LogP contribution in [0.2, 0.25) is 0 Å². The van der Waals surface area contributed by atoms with Crippen molar-refractivity contribution in [2.45, 2.75) is 12.1 Å². The van der Waals surface area contributed by atoms with Crippen LogP contribution in [0.25, 0.3) is 10.4 Å². The molecular weight excluding hydrogens is 522 g/mol. The summed E-state index contributed by atoms with van der Waals surface area (Å²) in [5.74, 6) is -2.92. The lowest BCUT2D eigenvalue weighted by molar-refractivity contribution is -0.384. The Kier molecular flexibility index (Phi) is 5.93. The summed E-state index contributed by atoms with van der Waals surface area (Å²) in [4.78, 5) is 57.9. The Bertz CT molecular complexity index is 1600. The Balaban J connectivity index is 1.37. The molecule has 2 saturated heterocycles. The summed E-state index contributed by atoms with van der Waals surface area (Å²) in [6.07, 6.45) is -1.06. The summed E-state index contributed by atoms with van der Waals surface area (Å²) in [5.41, 5.74) is 1.77. The topological polar surface area (TPSA) is 130 Å². The average molecular weight is 542 g/mol. The molecule has 2 fully saturated rings. The number of carboxylic acids is 1. The number of imide groups is 1. The molecule has 11 heteroatoms. The Morgan fingerprint density at radius 1 is 0.872 bits per heavy atom. The smallest absolute Gasteiger partial charge is 0.335 e. The standard InChI is InChI=1S/C28H19N3O7S/c32-26-23-24(22-15-14-21(39-22)16-6-12-20(13-7-16)31(36)37)30(19-4-2-1-3-5-19)38-25(23)27(33)29(26)18-10-8-17(9-11-18)28(34)35/h1-15,23-25H,(H,34,35)/t23-,24+,25+/m1/s1. The lowest BCUT2D eigenvalue weighted by Crippen LogP contribution is -2.37. The molecule has 6 rings (SSSR count). The van der Waals surface area contributed by atoms with E-state index in [2.05, 4.69) is 0 Å². The molecule has 39 heavy (non-hydrogen) atoms. The number of nitro groups is 1. The fraction of sp³-hybridized carbons (Fsp3) is 0.107. The number of aromatic carboxylic acids is 1. The molecule has 4 aromatic rings. The van der Waals surface area contributed by atoms with E-state index >= 15 is 0 Å². The van der Waals surface area contributed by atoms with Crippen LogP contribution in [0.1, 0.15) is 21.3 Å². The van der Waals surface area contributed by atoms with Crippen LogP contribution in [-0.2, 0) is 14.4 Å². The maximum Gasteiger partial charge on any atom is 0.335 e. The number of benzene rings is 3. The lowest BCUT2D eigenvalue weighted by Gasteiger charge is -2.27. The Hall–Kier alpha value is -4.87. The number of amides is 2. The lowest BCUT2D eigenvalue weighted by atomic mass is 9.95. The number of fused-ring (bicyclic) bond motifs is 1. The Labute approximate surface area is 225 Å². The van der Waals surface area contributed by atoms with E-state index in [0.29, 0.717) is 5.69 Å². The van der Waals surface area contributed by atoms with Crippen molar-refractivity contribution in [2.24, 2.45) is 5.92 Å². The minimum absolute atomic E-state index is 0.00985. The van der Waals surface area contributed by atoms with Crippen LogP contribution in [0, 0.1) is 16.0 Å². The molecule has 194 valence electrons. The molecular formula is C28H19N3O7S. The van der Waals surface area contributed by atoms with Crippen molar-refractivity contribution in [1.29, 1.82) is 0 Å². The Morgan fingerprint density at radius 2 is 1.56 bits per heavy atom. The monoisotopic (exact) mass is 541 g/mol. The second-order valence-electron chi connectivity index (χ2n) is 9.03. The van der Waals surface area contributed by atoms with Gasteiger partial charge in [0.1, 0.15) is 12.0 Å². The number of rotatable bonds is 6. The van der Waals surface area contributed by atoms with E-state index in [1.807, 2.05) is 42.5 Å². The number of nitro benzene ring substituents is 1. The number of non-ortho nitro benzene ring substituents is 1. The zero-order chi connectivity index (χ0) is 27.3. The summed E-state index contributed by atoms with van der Waals surface area (Å²) in [6, 6.07) is 24.1. The molecule has 3 atom stereocenters. The first-order valence-corrected chi connectivity index (χ1v) is 12.7. The zero-order valence-corrected chi connectivity index (χ0v) is 20.9. The van der Waals surface area contributed by atoms with Gasteiger partial charge in [0, 0.05) is 21.9 Å². The van der Waals surface area contributed by atoms with Gasteiger partial charge in [-0.15, -0.1) is 11.3 Å². The maximum absolute atomic E-state index is 13.8. The van der Waals surface area contributed by atoms with Gasteiger partial charge in [-0.1, -0.05) is 18.2 Å². The first-order valence-electron chi connectivity index (χ1n) is 11.9. The summed E-state index contributed by atoms with van der Waals surface area (Å²) in [7, 11) is 0. The fourth-order valence-corrected chi connectivity index (χ4v) is 6.07. The number of hydrogen-bond donors (Lipinski definition) is 1. The molecule has 0 aliphatic carbocycles. The molecule has 2 amide bonds. The molecule has 1 aromatic heterocycles. The molecule has 0 bridgehead atoms. The van der Waals surface area contributed by atoms with Crippen LogP contribution in [0.5, 0.6) is 0 Å².